The second kappa shape index (κ2) is 8.27. The summed E-state index contributed by atoms with van der Waals surface area (Å²) >= 11 is 0. The summed E-state index contributed by atoms with van der Waals surface area (Å²) in [4.78, 5) is 16.9. The molecule has 0 aliphatic carbocycles. The van der Waals surface area contributed by atoms with E-state index in [0.717, 1.165) is 0 Å². The number of hydrogen-bond acceptors (Lipinski definition) is 4. The Hall–Kier alpha value is -3.48. The first-order valence-electron chi connectivity index (χ1n) is 8.61. The number of ether oxygens (including phenoxy) is 1. The van der Waals surface area contributed by atoms with Crippen molar-refractivity contribution in [2.24, 2.45) is 0 Å². The van der Waals surface area contributed by atoms with Crippen molar-refractivity contribution in [3.8, 4) is 11.4 Å². The minimum absolute atomic E-state index is 0.154. The Morgan fingerprint density at radius 1 is 1.00 bits per heavy atom. The topological polar surface area (TPSA) is 61.4 Å². The van der Waals surface area contributed by atoms with Gasteiger partial charge in [-0.15, -0.1) is 5.10 Å². The number of benzene rings is 2. The normalized spacial score (nSPS) is 10.3. The molecule has 2 aromatic carbocycles. The Morgan fingerprint density at radius 3 is 2.41 bits per heavy atom. The summed E-state index contributed by atoms with van der Waals surface area (Å²) < 4.78 is 21.5. The largest absolute Gasteiger partial charge is 0.486 e. The highest BCUT2D eigenvalue weighted by Crippen LogP contribution is 2.11. The maximum absolute atomic E-state index is 13.1. The van der Waals surface area contributed by atoms with Crippen LogP contribution in [0.1, 0.15) is 19.7 Å². The molecule has 4 aromatic rings. The first-order valence-corrected chi connectivity index (χ1v) is 8.61. The van der Waals surface area contributed by atoms with Gasteiger partial charge in [0.25, 0.3) is 5.56 Å². The Balaban J connectivity index is 0.00000102. The van der Waals surface area contributed by atoms with Crippen LogP contribution >= 0.6 is 0 Å². The summed E-state index contributed by atoms with van der Waals surface area (Å²) in [5.74, 6) is 0.739. The quantitative estimate of drug-likeness (QED) is 0.553. The molecule has 6 nitrogen and oxygen atoms in total. The molecule has 0 radical (unpaired) electrons. The van der Waals surface area contributed by atoms with Gasteiger partial charge >= 0.3 is 0 Å². The van der Waals surface area contributed by atoms with Gasteiger partial charge in [0.2, 0.25) is 5.65 Å². The molecule has 0 atom stereocenters. The van der Waals surface area contributed by atoms with Crippen molar-refractivity contribution >= 4 is 5.65 Å². The van der Waals surface area contributed by atoms with Crippen LogP contribution in [-0.2, 0) is 6.61 Å². The molecule has 138 valence electrons. The highest BCUT2D eigenvalue weighted by atomic mass is 19.1. The highest BCUT2D eigenvalue weighted by Gasteiger charge is 2.11. The first kappa shape index (κ1) is 18.3. The maximum Gasteiger partial charge on any atom is 0.300 e. The van der Waals surface area contributed by atoms with E-state index in [1.54, 1.807) is 12.4 Å². The molecular weight excluding hydrogens is 347 g/mol. The van der Waals surface area contributed by atoms with Crippen molar-refractivity contribution in [1.29, 1.82) is 0 Å². The van der Waals surface area contributed by atoms with Crippen molar-refractivity contribution in [1.82, 2.24) is 19.2 Å². The first-order chi connectivity index (χ1) is 13.2. The second-order valence-corrected chi connectivity index (χ2v) is 5.35. The van der Waals surface area contributed by atoms with Crippen LogP contribution in [0.15, 0.2) is 71.8 Å². The van der Waals surface area contributed by atoms with Gasteiger partial charge in [0.05, 0.1) is 0 Å². The number of halogens is 1. The summed E-state index contributed by atoms with van der Waals surface area (Å²) in [6.45, 7) is 4.15. The number of nitrogens with zero attached hydrogens (tertiary/aromatic N) is 4. The van der Waals surface area contributed by atoms with Crippen LogP contribution in [0.2, 0.25) is 0 Å². The van der Waals surface area contributed by atoms with Crippen molar-refractivity contribution in [2.45, 2.75) is 20.5 Å². The fourth-order valence-electron chi connectivity index (χ4n) is 2.45. The predicted octanol–water partition coefficient (Wildman–Crippen LogP) is 3.62. The minimum Gasteiger partial charge on any atom is -0.486 e. The molecule has 0 saturated carbocycles. The molecule has 27 heavy (non-hydrogen) atoms. The third kappa shape index (κ3) is 4.03. The molecule has 0 unspecified atom stereocenters. The lowest BCUT2D eigenvalue weighted by Crippen LogP contribution is -2.20. The van der Waals surface area contributed by atoms with E-state index in [9.17, 15) is 9.18 Å². The molecule has 2 heterocycles. The van der Waals surface area contributed by atoms with Gasteiger partial charge in [-0.25, -0.2) is 13.9 Å². The lowest BCUT2D eigenvalue weighted by Gasteiger charge is -2.04. The van der Waals surface area contributed by atoms with Crippen LogP contribution in [0.4, 0.5) is 4.39 Å². The second-order valence-electron chi connectivity index (χ2n) is 5.35. The zero-order chi connectivity index (χ0) is 19.2. The zero-order valence-corrected chi connectivity index (χ0v) is 15.0. The SMILES string of the molecule is CC.O=c1c2nc(COc3ccccc3)nn2ccn1-c1ccc(F)cc1. The third-order valence-electron chi connectivity index (χ3n) is 3.66. The Bertz CT molecular complexity index is 1070. The van der Waals surface area contributed by atoms with E-state index >= 15 is 0 Å². The van der Waals surface area contributed by atoms with Crippen LogP contribution in [-0.4, -0.2) is 19.2 Å². The molecule has 0 amide bonds. The van der Waals surface area contributed by atoms with E-state index in [2.05, 4.69) is 10.1 Å². The number of fused-ring (bicyclic) bond motifs is 1. The van der Waals surface area contributed by atoms with Gasteiger partial charge < -0.3 is 4.74 Å². The smallest absolute Gasteiger partial charge is 0.300 e. The van der Waals surface area contributed by atoms with Crippen LogP contribution in [0.5, 0.6) is 5.75 Å². The van der Waals surface area contributed by atoms with E-state index in [0.29, 0.717) is 17.3 Å². The lowest BCUT2D eigenvalue weighted by molar-refractivity contribution is 0.296. The summed E-state index contributed by atoms with van der Waals surface area (Å²) in [6.07, 6.45) is 3.19. The fourth-order valence-corrected chi connectivity index (χ4v) is 2.45. The van der Waals surface area contributed by atoms with Gasteiger partial charge in [0.15, 0.2) is 5.82 Å². The van der Waals surface area contributed by atoms with Crippen molar-refractivity contribution in [3.63, 3.8) is 0 Å². The van der Waals surface area contributed by atoms with E-state index in [-0.39, 0.29) is 23.6 Å². The Morgan fingerprint density at radius 2 is 1.70 bits per heavy atom. The molecule has 2 aromatic heterocycles. The van der Waals surface area contributed by atoms with Gasteiger partial charge in [0.1, 0.15) is 18.2 Å². The van der Waals surface area contributed by atoms with Gasteiger partial charge in [-0.2, -0.15) is 0 Å². The average Bonchev–Trinajstić information content (AvgIpc) is 3.14. The van der Waals surface area contributed by atoms with E-state index in [4.69, 9.17) is 4.74 Å². The molecule has 0 aliphatic heterocycles. The van der Waals surface area contributed by atoms with Crippen LogP contribution in [0.3, 0.4) is 0 Å². The molecule has 4 rings (SSSR count). The molecule has 7 heteroatoms. The van der Waals surface area contributed by atoms with Gasteiger partial charge in [-0.3, -0.25) is 9.36 Å². The van der Waals surface area contributed by atoms with Gasteiger partial charge in [0, 0.05) is 18.1 Å². The standard InChI is InChI=1S/C18H13FN4O2.C2H6/c19-13-6-8-14(9-7-13)22-10-11-23-17(18(22)24)20-16(21-23)12-25-15-4-2-1-3-5-15;1-2/h1-11H,12H2;1-2H3. The minimum atomic E-state index is -0.360. The summed E-state index contributed by atoms with van der Waals surface area (Å²) in [5, 5.41) is 4.24. The molecule has 0 N–H and O–H groups in total. The Labute approximate surface area is 155 Å². The number of aromatic nitrogens is 4. The van der Waals surface area contributed by atoms with E-state index < -0.39 is 0 Å². The molecule has 0 fully saturated rings. The molecular formula is C20H19FN4O2. The maximum atomic E-state index is 13.1. The average molecular weight is 366 g/mol. The van der Waals surface area contributed by atoms with Crippen molar-refractivity contribution < 1.29 is 9.13 Å². The summed E-state index contributed by atoms with van der Waals surface area (Å²) in [7, 11) is 0. The van der Waals surface area contributed by atoms with Crippen LogP contribution in [0.25, 0.3) is 11.3 Å². The molecule has 0 spiro atoms. The number of para-hydroxylation sites is 1. The Kier molecular flexibility index (Phi) is 5.61. The van der Waals surface area contributed by atoms with Gasteiger partial charge in [-0.05, 0) is 36.4 Å². The monoisotopic (exact) mass is 366 g/mol. The van der Waals surface area contributed by atoms with Gasteiger partial charge in [-0.1, -0.05) is 32.0 Å². The molecule has 0 bridgehead atoms. The third-order valence-corrected chi connectivity index (χ3v) is 3.66. The number of rotatable bonds is 4. The van der Waals surface area contributed by atoms with E-state index in [1.807, 2.05) is 44.2 Å². The fraction of sp³-hybridized carbons (Fsp3) is 0.150. The highest BCUT2D eigenvalue weighted by molar-refractivity contribution is 5.40. The molecule has 0 saturated heterocycles. The van der Waals surface area contributed by atoms with Crippen LogP contribution in [0, 0.1) is 5.82 Å². The van der Waals surface area contributed by atoms with Crippen molar-refractivity contribution in [2.75, 3.05) is 0 Å². The lowest BCUT2D eigenvalue weighted by atomic mass is 10.3. The molecule has 0 aliphatic rings. The number of hydrogen-bond donors (Lipinski definition) is 0. The summed E-state index contributed by atoms with van der Waals surface area (Å²) in [5.41, 5.74) is 0.394. The summed E-state index contributed by atoms with van der Waals surface area (Å²) in [6, 6.07) is 15.0. The predicted molar refractivity (Wildman–Crippen MR) is 101 cm³/mol. The van der Waals surface area contributed by atoms with Crippen molar-refractivity contribution in [3.05, 3.63) is 89.0 Å². The van der Waals surface area contributed by atoms with E-state index in [1.165, 1.54) is 33.3 Å². The van der Waals surface area contributed by atoms with Crippen LogP contribution < -0.4 is 10.3 Å². The zero-order valence-electron chi connectivity index (χ0n) is 15.0.